The molecule has 1 amide bonds. The fourth-order valence-corrected chi connectivity index (χ4v) is 2.48. The number of hydrogen-bond donors (Lipinski definition) is 0. The van der Waals surface area contributed by atoms with E-state index in [0.29, 0.717) is 6.42 Å². The lowest BCUT2D eigenvalue weighted by atomic mass is 9.89. The molecule has 15 heavy (non-hydrogen) atoms. The first-order valence-corrected chi connectivity index (χ1v) is 5.55. The van der Waals surface area contributed by atoms with E-state index in [4.69, 9.17) is 0 Å². The highest BCUT2D eigenvalue weighted by Crippen LogP contribution is 2.31. The summed E-state index contributed by atoms with van der Waals surface area (Å²) in [5.74, 6) is 0.00599. The van der Waals surface area contributed by atoms with Gasteiger partial charge in [-0.05, 0) is 48.5 Å². The van der Waals surface area contributed by atoms with Crippen LogP contribution in [0.3, 0.4) is 0 Å². The van der Waals surface area contributed by atoms with Crippen molar-refractivity contribution in [1.82, 2.24) is 0 Å². The van der Waals surface area contributed by atoms with Gasteiger partial charge in [-0.25, -0.2) is 4.99 Å². The Balaban J connectivity index is 2.13. The Labute approximate surface area is 89.1 Å². The molecule has 0 aromatic rings. The van der Waals surface area contributed by atoms with E-state index in [2.05, 4.69) is 23.2 Å². The van der Waals surface area contributed by atoms with Crippen molar-refractivity contribution in [2.45, 2.75) is 32.1 Å². The Bertz CT molecular complexity index is 449. The van der Waals surface area contributed by atoms with Crippen molar-refractivity contribution < 1.29 is 4.79 Å². The first-order chi connectivity index (χ1) is 7.33. The number of allylic oxidation sites excluding steroid dienone is 5. The van der Waals surface area contributed by atoms with Gasteiger partial charge in [-0.2, -0.15) is 0 Å². The second-order valence-corrected chi connectivity index (χ2v) is 4.33. The lowest BCUT2D eigenvalue weighted by Gasteiger charge is -2.18. The first-order valence-electron chi connectivity index (χ1n) is 5.55. The molecule has 0 atom stereocenters. The monoisotopic (exact) mass is 199 g/mol. The highest BCUT2D eigenvalue weighted by Gasteiger charge is 2.21. The minimum Gasteiger partial charge on any atom is -0.272 e. The van der Waals surface area contributed by atoms with Gasteiger partial charge in [-0.1, -0.05) is 12.2 Å². The molecular formula is C13H13NO. The largest absolute Gasteiger partial charge is 0.272 e. The van der Waals surface area contributed by atoms with E-state index >= 15 is 0 Å². The molecule has 0 saturated heterocycles. The van der Waals surface area contributed by atoms with Crippen LogP contribution in [-0.2, 0) is 4.79 Å². The molecule has 0 aromatic carbocycles. The van der Waals surface area contributed by atoms with Gasteiger partial charge in [0.15, 0.2) is 0 Å². The van der Waals surface area contributed by atoms with Crippen molar-refractivity contribution in [3.05, 3.63) is 34.9 Å². The molecule has 3 rings (SSSR count). The van der Waals surface area contributed by atoms with Crippen LogP contribution < -0.4 is 0 Å². The standard InChI is InChI=1S/C13H13NO/c15-13-8-9-5-6-10-3-1-2-4-11(10)12(7-9)14-13/h5-7H,1-4,8H2. The zero-order chi connectivity index (χ0) is 10.3. The van der Waals surface area contributed by atoms with E-state index in [1.807, 2.05) is 0 Å². The van der Waals surface area contributed by atoms with Gasteiger partial charge in [0, 0.05) is 0 Å². The summed E-state index contributed by atoms with van der Waals surface area (Å²) in [7, 11) is 0. The predicted octanol–water partition coefficient (Wildman–Crippen LogP) is 2.72. The molecule has 0 saturated carbocycles. The third-order valence-electron chi connectivity index (χ3n) is 3.24. The van der Waals surface area contributed by atoms with Gasteiger partial charge >= 0.3 is 0 Å². The molecule has 0 unspecified atom stereocenters. The number of fused-ring (bicyclic) bond motifs is 2. The van der Waals surface area contributed by atoms with E-state index in [9.17, 15) is 4.79 Å². The predicted molar refractivity (Wildman–Crippen MR) is 59.8 cm³/mol. The van der Waals surface area contributed by atoms with Crippen LogP contribution in [0.1, 0.15) is 32.1 Å². The molecule has 2 nitrogen and oxygen atoms in total. The molecule has 2 aliphatic carbocycles. The van der Waals surface area contributed by atoms with Gasteiger partial charge < -0.3 is 0 Å². The maximum Gasteiger partial charge on any atom is 0.250 e. The summed E-state index contributed by atoms with van der Waals surface area (Å²) in [5.41, 5.74) is 4.74. The SMILES string of the molecule is O=C1CC2=CC(=N1)C1=C(C=C2)CCCC1. The summed E-state index contributed by atoms with van der Waals surface area (Å²) in [6, 6.07) is 0. The molecule has 1 aliphatic heterocycles. The van der Waals surface area contributed by atoms with Crippen LogP contribution in [0.4, 0.5) is 0 Å². The minimum absolute atomic E-state index is 0.00599. The van der Waals surface area contributed by atoms with Crippen LogP contribution in [0.25, 0.3) is 0 Å². The van der Waals surface area contributed by atoms with Crippen LogP contribution in [0.15, 0.2) is 39.9 Å². The van der Waals surface area contributed by atoms with Crippen molar-refractivity contribution in [2.75, 3.05) is 0 Å². The molecule has 0 aromatic heterocycles. The molecule has 0 spiro atoms. The normalized spacial score (nSPS) is 24.4. The Kier molecular flexibility index (Phi) is 1.94. The average Bonchev–Trinajstić information content (AvgIpc) is 2.37. The quantitative estimate of drug-likeness (QED) is 0.589. The lowest BCUT2D eigenvalue weighted by molar-refractivity contribution is -0.117. The number of rotatable bonds is 0. The second-order valence-electron chi connectivity index (χ2n) is 4.33. The Morgan fingerprint density at radius 1 is 1.13 bits per heavy atom. The molecule has 0 radical (unpaired) electrons. The number of aliphatic imine (C=N–C) groups is 1. The number of amides is 1. The summed E-state index contributed by atoms with van der Waals surface area (Å²) in [6.45, 7) is 0. The van der Waals surface area contributed by atoms with Crippen LogP contribution in [-0.4, -0.2) is 11.6 Å². The molecule has 2 bridgehead atoms. The summed E-state index contributed by atoms with van der Waals surface area (Å²) in [4.78, 5) is 15.6. The van der Waals surface area contributed by atoms with Crippen molar-refractivity contribution in [2.24, 2.45) is 4.99 Å². The number of carbonyl (C=O) groups is 1. The van der Waals surface area contributed by atoms with Crippen LogP contribution in [0.2, 0.25) is 0 Å². The third kappa shape index (κ3) is 1.50. The second kappa shape index (κ2) is 3.30. The minimum atomic E-state index is 0.00599. The van der Waals surface area contributed by atoms with Crippen LogP contribution in [0.5, 0.6) is 0 Å². The Morgan fingerprint density at radius 2 is 2.00 bits per heavy atom. The fourth-order valence-electron chi connectivity index (χ4n) is 2.48. The number of dihydropyridines is 1. The summed E-state index contributed by atoms with van der Waals surface area (Å²) >= 11 is 0. The molecular weight excluding hydrogens is 186 g/mol. The zero-order valence-electron chi connectivity index (χ0n) is 8.62. The lowest BCUT2D eigenvalue weighted by Crippen LogP contribution is -2.12. The van der Waals surface area contributed by atoms with E-state index in [0.717, 1.165) is 24.1 Å². The number of hydrogen-bond acceptors (Lipinski definition) is 1. The van der Waals surface area contributed by atoms with Gasteiger partial charge in [-0.3, -0.25) is 4.79 Å². The fraction of sp³-hybridized carbons (Fsp3) is 0.385. The molecule has 0 fully saturated rings. The smallest absolute Gasteiger partial charge is 0.250 e. The number of carbonyl (C=O) groups excluding carboxylic acids is 1. The first kappa shape index (κ1) is 8.84. The van der Waals surface area contributed by atoms with E-state index in [1.165, 1.54) is 24.0 Å². The molecule has 1 heterocycles. The van der Waals surface area contributed by atoms with Gasteiger partial charge in [-0.15, -0.1) is 0 Å². The molecule has 3 aliphatic rings. The van der Waals surface area contributed by atoms with Crippen molar-refractivity contribution in [1.29, 1.82) is 0 Å². The van der Waals surface area contributed by atoms with E-state index in [1.54, 1.807) is 0 Å². The van der Waals surface area contributed by atoms with Crippen LogP contribution >= 0.6 is 0 Å². The Hall–Kier alpha value is -1.44. The van der Waals surface area contributed by atoms with Crippen molar-refractivity contribution in [3.63, 3.8) is 0 Å². The zero-order valence-corrected chi connectivity index (χ0v) is 8.62. The highest BCUT2D eigenvalue weighted by molar-refractivity contribution is 6.16. The van der Waals surface area contributed by atoms with Gasteiger partial charge in [0.25, 0.3) is 5.91 Å². The van der Waals surface area contributed by atoms with Gasteiger partial charge in [0.2, 0.25) is 0 Å². The van der Waals surface area contributed by atoms with Crippen LogP contribution in [0, 0.1) is 0 Å². The summed E-state index contributed by atoms with van der Waals surface area (Å²) in [6.07, 6.45) is 11.5. The Morgan fingerprint density at radius 3 is 2.93 bits per heavy atom. The van der Waals surface area contributed by atoms with Gasteiger partial charge in [0.1, 0.15) is 0 Å². The summed E-state index contributed by atoms with van der Waals surface area (Å²) < 4.78 is 0. The molecule has 0 N–H and O–H groups in total. The maximum atomic E-state index is 11.4. The topological polar surface area (TPSA) is 29.4 Å². The maximum absolute atomic E-state index is 11.4. The molecule has 2 heteroatoms. The van der Waals surface area contributed by atoms with Gasteiger partial charge in [0.05, 0.1) is 12.1 Å². The van der Waals surface area contributed by atoms with E-state index < -0.39 is 0 Å². The third-order valence-corrected chi connectivity index (χ3v) is 3.24. The molecule has 76 valence electrons. The number of nitrogens with zero attached hydrogens (tertiary/aromatic N) is 1. The van der Waals surface area contributed by atoms with E-state index in [-0.39, 0.29) is 5.91 Å². The van der Waals surface area contributed by atoms with Crippen molar-refractivity contribution in [3.8, 4) is 0 Å². The van der Waals surface area contributed by atoms with Crippen molar-refractivity contribution >= 4 is 11.6 Å². The highest BCUT2D eigenvalue weighted by atomic mass is 16.1. The summed E-state index contributed by atoms with van der Waals surface area (Å²) in [5, 5.41) is 0. The average molecular weight is 199 g/mol.